The molecule has 0 saturated carbocycles. The smallest absolute Gasteiger partial charge is 0.270 e. The van der Waals surface area contributed by atoms with Crippen molar-refractivity contribution in [3.05, 3.63) is 110 Å². The Morgan fingerprint density at radius 3 is 2.62 bits per heavy atom. The highest BCUT2D eigenvalue weighted by Crippen LogP contribution is 2.29. The van der Waals surface area contributed by atoms with E-state index in [1.54, 1.807) is 24.3 Å². The number of nitro groups is 1. The predicted octanol–water partition coefficient (Wildman–Crippen LogP) is 5.39. The molecule has 1 aliphatic rings. The maximum atomic E-state index is 13.5. The van der Waals surface area contributed by atoms with Crippen LogP contribution < -0.4 is 10.2 Å². The van der Waals surface area contributed by atoms with Crippen molar-refractivity contribution in [3.63, 3.8) is 0 Å². The Bertz CT molecular complexity index is 1660. The normalized spacial score (nSPS) is 14.9. The first kappa shape index (κ1) is 24.4. The van der Waals surface area contributed by atoms with E-state index in [-0.39, 0.29) is 16.4 Å². The van der Waals surface area contributed by atoms with Crippen LogP contribution in [-0.2, 0) is 16.1 Å². The van der Waals surface area contributed by atoms with Gasteiger partial charge in [-0.05, 0) is 54.5 Å². The van der Waals surface area contributed by atoms with E-state index < -0.39 is 16.7 Å². The number of anilines is 1. The number of carbonyl (C=O) groups is 2. The zero-order chi connectivity index (χ0) is 26.3. The van der Waals surface area contributed by atoms with Crippen molar-refractivity contribution >= 4 is 69.1 Å². The number of non-ortho nitro benzene ring substituents is 1. The van der Waals surface area contributed by atoms with E-state index in [1.165, 1.54) is 23.1 Å². The van der Waals surface area contributed by atoms with Crippen molar-refractivity contribution in [2.75, 3.05) is 4.90 Å². The minimum absolute atomic E-state index is 0.00745. The zero-order valence-corrected chi connectivity index (χ0v) is 21.0. The molecule has 3 aromatic carbocycles. The average molecular weight is 531 g/mol. The molecule has 1 aromatic heterocycles. The number of carbonyl (C=O) groups excluding carboxylic acids is 2. The Morgan fingerprint density at radius 1 is 1.08 bits per heavy atom. The van der Waals surface area contributed by atoms with E-state index in [0.29, 0.717) is 22.8 Å². The van der Waals surface area contributed by atoms with E-state index in [1.807, 2.05) is 48.0 Å². The van der Waals surface area contributed by atoms with Crippen LogP contribution >= 0.6 is 23.8 Å². The Kier molecular flexibility index (Phi) is 6.32. The minimum atomic E-state index is -0.597. The number of aryl methyl sites for hydroxylation is 1. The second-order valence-electron chi connectivity index (χ2n) is 8.55. The van der Waals surface area contributed by atoms with E-state index in [4.69, 9.17) is 23.8 Å². The summed E-state index contributed by atoms with van der Waals surface area (Å²) in [6, 6.07) is 19.1. The SMILES string of the molecule is Cc1ccc(N2C(=O)/C(=C/c3cn(Cc4cccc([N+](=O)[O-])c4)c4ccccc34)C(=O)NC2=S)cc1Cl. The van der Waals surface area contributed by atoms with Crippen molar-refractivity contribution in [1.82, 2.24) is 9.88 Å². The summed E-state index contributed by atoms with van der Waals surface area (Å²) in [6.45, 7) is 2.21. The van der Waals surface area contributed by atoms with Crippen molar-refractivity contribution in [2.24, 2.45) is 0 Å². The fourth-order valence-electron chi connectivity index (χ4n) is 4.25. The minimum Gasteiger partial charge on any atom is -0.342 e. The molecule has 0 atom stereocenters. The van der Waals surface area contributed by atoms with E-state index >= 15 is 0 Å². The van der Waals surface area contributed by atoms with Gasteiger partial charge in [-0.3, -0.25) is 29.9 Å². The van der Waals surface area contributed by atoms with Crippen molar-refractivity contribution in [2.45, 2.75) is 13.5 Å². The summed E-state index contributed by atoms with van der Waals surface area (Å²) in [6.07, 6.45) is 3.35. The predicted molar refractivity (Wildman–Crippen MR) is 147 cm³/mol. The molecule has 0 bridgehead atoms. The summed E-state index contributed by atoms with van der Waals surface area (Å²) in [5.41, 5.74) is 3.46. The van der Waals surface area contributed by atoms with Gasteiger partial charge in [0.25, 0.3) is 17.5 Å². The third-order valence-corrected chi connectivity index (χ3v) is 6.80. The van der Waals surface area contributed by atoms with Crippen LogP contribution in [0.4, 0.5) is 11.4 Å². The number of fused-ring (bicyclic) bond motifs is 1. The van der Waals surface area contributed by atoms with Gasteiger partial charge in [-0.15, -0.1) is 0 Å². The lowest BCUT2D eigenvalue weighted by Crippen LogP contribution is -2.54. The molecule has 184 valence electrons. The van der Waals surface area contributed by atoms with Gasteiger partial charge in [0.2, 0.25) is 0 Å². The summed E-state index contributed by atoms with van der Waals surface area (Å²) in [5.74, 6) is -1.16. The molecule has 0 spiro atoms. The average Bonchev–Trinajstić information content (AvgIpc) is 3.21. The quantitative estimate of drug-likeness (QED) is 0.123. The van der Waals surface area contributed by atoms with Gasteiger partial charge >= 0.3 is 0 Å². The van der Waals surface area contributed by atoms with Crippen LogP contribution in [0.1, 0.15) is 16.7 Å². The molecule has 2 amide bonds. The lowest BCUT2D eigenvalue weighted by Gasteiger charge is -2.29. The number of rotatable bonds is 5. The molecule has 0 unspecified atom stereocenters. The second-order valence-corrected chi connectivity index (χ2v) is 9.34. The highest BCUT2D eigenvalue weighted by molar-refractivity contribution is 7.80. The van der Waals surface area contributed by atoms with Gasteiger partial charge in [0, 0.05) is 46.4 Å². The topological polar surface area (TPSA) is 97.5 Å². The van der Waals surface area contributed by atoms with E-state index in [2.05, 4.69) is 5.32 Å². The van der Waals surface area contributed by atoms with Gasteiger partial charge in [-0.25, -0.2) is 0 Å². The van der Waals surface area contributed by atoms with Crippen LogP contribution in [0.3, 0.4) is 0 Å². The molecular weight excluding hydrogens is 512 g/mol. The van der Waals surface area contributed by atoms with Gasteiger partial charge in [0.05, 0.1) is 10.6 Å². The van der Waals surface area contributed by atoms with Crippen LogP contribution in [0.5, 0.6) is 0 Å². The number of hydrogen-bond acceptors (Lipinski definition) is 5. The molecule has 10 heteroatoms. The van der Waals surface area contributed by atoms with Gasteiger partial charge in [-0.1, -0.05) is 48.0 Å². The molecule has 0 aliphatic carbocycles. The number of benzene rings is 3. The molecule has 1 saturated heterocycles. The Balaban J connectivity index is 1.56. The lowest BCUT2D eigenvalue weighted by molar-refractivity contribution is -0.384. The Hall–Kier alpha value is -4.34. The molecule has 4 aromatic rings. The number of para-hydroxylation sites is 1. The van der Waals surface area contributed by atoms with Crippen LogP contribution in [0, 0.1) is 17.0 Å². The molecule has 1 aliphatic heterocycles. The number of nitro benzene ring substituents is 1. The summed E-state index contributed by atoms with van der Waals surface area (Å²) in [4.78, 5) is 38.3. The highest BCUT2D eigenvalue weighted by atomic mass is 35.5. The van der Waals surface area contributed by atoms with Crippen LogP contribution in [0.2, 0.25) is 5.02 Å². The molecule has 8 nitrogen and oxygen atoms in total. The number of nitrogens with zero attached hydrogens (tertiary/aromatic N) is 3. The molecule has 2 heterocycles. The fraction of sp³-hybridized carbons (Fsp3) is 0.0741. The first-order valence-electron chi connectivity index (χ1n) is 11.2. The molecular formula is C27H19ClN4O4S. The van der Waals surface area contributed by atoms with Crippen molar-refractivity contribution in [1.29, 1.82) is 0 Å². The summed E-state index contributed by atoms with van der Waals surface area (Å²) in [7, 11) is 0. The van der Waals surface area contributed by atoms with Crippen molar-refractivity contribution in [3.8, 4) is 0 Å². The summed E-state index contributed by atoms with van der Waals surface area (Å²) in [5, 5.41) is 15.0. The fourth-order valence-corrected chi connectivity index (χ4v) is 4.71. The first-order chi connectivity index (χ1) is 17.7. The van der Waals surface area contributed by atoms with Crippen LogP contribution in [0.25, 0.3) is 17.0 Å². The third kappa shape index (κ3) is 4.62. The van der Waals surface area contributed by atoms with Gasteiger partial charge in [0.1, 0.15) is 5.57 Å². The standard InChI is InChI=1S/C27H19ClN4O4S/c1-16-9-10-19(13-23(16)28)31-26(34)22(25(33)29-27(31)37)12-18-15-30(24-8-3-2-7-21(18)24)14-17-5-4-6-20(11-17)32(35)36/h2-13,15H,14H2,1H3,(H,29,33,37)/b22-12+. The molecule has 1 N–H and O–H groups in total. The van der Waals surface area contributed by atoms with E-state index in [9.17, 15) is 19.7 Å². The molecule has 5 rings (SSSR count). The monoisotopic (exact) mass is 530 g/mol. The largest absolute Gasteiger partial charge is 0.342 e. The van der Waals surface area contributed by atoms with E-state index in [0.717, 1.165) is 22.0 Å². The number of halogens is 1. The van der Waals surface area contributed by atoms with Crippen LogP contribution in [-0.4, -0.2) is 26.4 Å². The second kappa shape index (κ2) is 9.61. The van der Waals surface area contributed by atoms with Gasteiger partial charge in [-0.2, -0.15) is 0 Å². The van der Waals surface area contributed by atoms with Gasteiger partial charge in [0.15, 0.2) is 5.11 Å². The molecule has 0 radical (unpaired) electrons. The summed E-state index contributed by atoms with van der Waals surface area (Å²) < 4.78 is 1.92. The third-order valence-electron chi connectivity index (χ3n) is 6.11. The number of hydrogen-bond donors (Lipinski definition) is 1. The Labute approximate surface area is 221 Å². The highest BCUT2D eigenvalue weighted by Gasteiger charge is 2.35. The van der Waals surface area contributed by atoms with Gasteiger partial charge < -0.3 is 4.57 Å². The maximum absolute atomic E-state index is 13.5. The number of nitrogens with one attached hydrogen (secondary N) is 1. The van der Waals surface area contributed by atoms with Crippen molar-refractivity contribution < 1.29 is 14.5 Å². The lowest BCUT2D eigenvalue weighted by atomic mass is 10.1. The number of aromatic nitrogens is 1. The first-order valence-corrected chi connectivity index (χ1v) is 12.0. The summed E-state index contributed by atoms with van der Waals surface area (Å²) >= 11 is 11.6. The molecule has 37 heavy (non-hydrogen) atoms. The Morgan fingerprint density at radius 2 is 1.86 bits per heavy atom. The van der Waals surface area contributed by atoms with Crippen LogP contribution in [0.15, 0.2) is 78.5 Å². The molecule has 1 fully saturated rings. The maximum Gasteiger partial charge on any atom is 0.270 e. The number of thiocarbonyl (C=S) groups is 1. The zero-order valence-electron chi connectivity index (χ0n) is 19.5. The number of amides is 2.